The minimum absolute atomic E-state index is 0.107. The van der Waals surface area contributed by atoms with Gasteiger partial charge in [0.25, 0.3) is 5.91 Å². The molecule has 0 spiro atoms. The first-order valence-electron chi connectivity index (χ1n) is 8.06. The molecule has 2 aromatic rings. The molecule has 1 N–H and O–H groups in total. The summed E-state index contributed by atoms with van der Waals surface area (Å²) >= 11 is 1.37. The van der Waals surface area contributed by atoms with Gasteiger partial charge in [-0.3, -0.25) is 4.79 Å². The number of nitrogens with one attached hydrogen (secondary N) is 1. The Morgan fingerprint density at radius 3 is 2.28 bits per heavy atom. The Morgan fingerprint density at radius 2 is 1.68 bits per heavy atom. The summed E-state index contributed by atoms with van der Waals surface area (Å²) in [7, 11) is 4.01. The number of hydrogen-bond donors (Lipinski definition) is 1. The molecular weight excluding hydrogens is 330 g/mol. The molecule has 0 saturated carbocycles. The minimum Gasteiger partial charge on any atom is -0.378 e. The predicted molar refractivity (Wildman–Crippen MR) is 107 cm³/mol. The number of carbonyl (C=O) groups excluding carboxylic acids is 1. The van der Waals surface area contributed by atoms with Gasteiger partial charge < -0.3 is 10.2 Å². The number of amidine groups is 1. The van der Waals surface area contributed by atoms with E-state index in [1.54, 1.807) is 0 Å². The molecule has 4 nitrogen and oxygen atoms in total. The third-order valence-corrected chi connectivity index (χ3v) is 4.71. The molecule has 1 saturated heterocycles. The van der Waals surface area contributed by atoms with E-state index in [0.717, 1.165) is 28.1 Å². The SMILES string of the molecule is Cc1cc(C)cc(N=C2NC(=O)C(=Cc3ccc(N(C)C)cc3)S2)c1. The number of amides is 1. The van der Waals surface area contributed by atoms with Crippen LogP contribution < -0.4 is 10.2 Å². The van der Waals surface area contributed by atoms with Gasteiger partial charge in [0.1, 0.15) is 0 Å². The molecule has 2 aromatic carbocycles. The Labute approximate surface area is 152 Å². The number of nitrogens with zero attached hydrogens (tertiary/aromatic N) is 2. The Kier molecular flexibility index (Phi) is 4.95. The van der Waals surface area contributed by atoms with E-state index in [1.165, 1.54) is 11.8 Å². The molecule has 1 aliphatic rings. The molecule has 1 aliphatic heterocycles. The van der Waals surface area contributed by atoms with Crippen LogP contribution in [0.15, 0.2) is 52.4 Å². The molecule has 1 heterocycles. The number of rotatable bonds is 3. The standard InChI is InChI=1S/C20H21N3OS/c1-13-9-14(2)11-16(10-13)21-20-22-19(24)18(25-20)12-15-5-7-17(8-6-15)23(3)4/h5-12H,1-4H3,(H,21,22,24). The normalized spacial score (nSPS) is 17.2. The van der Waals surface area contributed by atoms with Crippen LogP contribution in [-0.4, -0.2) is 25.2 Å². The number of aliphatic imine (C=N–C) groups is 1. The van der Waals surface area contributed by atoms with E-state index in [9.17, 15) is 4.79 Å². The number of aryl methyl sites for hydroxylation is 2. The van der Waals surface area contributed by atoms with E-state index in [0.29, 0.717) is 10.1 Å². The Balaban J connectivity index is 1.81. The molecule has 0 bridgehead atoms. The van der Waals surface area contributed by atoms with Crippen molar-refractivity contribution >= 4 is 40.3 Å². The molecule has 0 aromatic heterocycles. The van der Waals surface area contributed by atoms with E-state index in [4.69, 9.17) is 0 Å². The van der Waals surface area contributed by atoms with Crippen molar-refractivity contribution in [2.75, 3.05) is 19.0 Å². The zero-order valence-electron chi connectivity index (χ0n) is 14.8. The van der Waals surface area contributed by atoms with Crippen molar-refractivity contribution in [1.82, 2.24) is 5.32 Å². The third kappa shape index (κ3) is 4.31. The van der Waals surface area contributed by atoms with Crippen molar-refractivity contribution in [3.8, 4) is 0 Å². The van der Waals surface area contributed by atoms with Gasteiger partial charge in [-0.1, -0.05) is 18.2 Å². The molecule has 3 rings (SSSR count). The van der Waals surface area contributed by atoms with Crippen LogP contribution in [0, 0.1) is 13.8 Å². The van der Waals surface area contributed by atoms with Crippen LogP contribution in [0.5, 0.6) is 0 Å². The second kappa shape index (κ2) is 7.15. The maximum absolute atomic E-state index is 12.2. The highest BCUT2D eigenvalue weighted by Gasteiger charge is 2.23. The number of thioether (sulfide) groups is 1. The first kappa shape index (κ1) is 17.3. The van der Waals surface area contributed by atoms with Gasteiger partial charge in [0.2, 0.25) is 0 Å². The lowest BCUT2D eigenvalue weighted by atomic mass is 10.1. The van der Waals surface area contributed by atoms with Crippen LogP contribution in [0.3, 0.4) is 0 Å². The first-order chi connectivity index (χ1) is 11.9. The smallest absolute Gasteiger partial charge is 0.264 e. The van der Waals surface area contributed by atoms with Crippen LogP contribution in [0.2, 0.25) is 0 Å². The topological polar surface area (TPSA) is 44.7 Å². The number of benzene rings is 2. The zero-order chi connectivity index (χ0) is 18.0. The van der Waals surface area contributed by atoms with E-state index < -0.39 is 0 Å². The summed E-state index contributed by atoms with van der Waals surface area (Å²) in [6.07, 6.45) is 1.89. The Hall–Kier alpha value is -2.53. The van der Waals surface area contributed by atoms with Crippen LogP contribution in [0.25, 0.3) is 6.08 Å². The van der Waals surface area contributed by atoms with Crippen molar-refractivity contribution < 1.29 is 4.79 Å². The maximum atomic E-state index is 12.2. The molecule has 0 atom stereocenters. The van der Waals surface area contributed by atoms with Gasteiger partial charge in [-0.2, -0.15) is 0 Å². The highest BCUT2D eigenvalue weighted by Crippen LogP contribution is 2.29. The zero-order valence-corrected chi connectivity index (χ0v) is 15.6. The van der Waals surface area contributed by atoms with Crippen molar-refractivity contribution in [1.29, 1.82) is 0 Å². The summed E-state index contributed by atoms with van der Waals surface area (Å²) in [5, 5.41) is 3.46. The molecule has 25 heavy (non-hydrogen) atoms. The maximum Gasteiger partial charge on any atom is 0.264 e. The van der Waals surface area contributed by atoms with Crippen molar-refractivity contribution in [3.05, 3.63) is 64.1 Å². The van der Waals surface area contributed by atoms with Crippen LogP contribution in [0.4, 0.5) is 11.4 Å². The van der Waals surface area contributed by atoms with Gasteiger partial charge in [0, 0.05) is 19.8 Å². The largest absolute Gasteiger partial charge is 0.378 e. The van der Waals surface area contributed by atoms with Gasteiger partial charge in [-0.25, -0.2) is 4.99 Å². The molecule has 1 fully saturated rings. The van der Waals surface area contributed by atoms with E-state index in [2.05, 4.69) is 16.4 Å². The molecule has 0 unspecified atom stereocenters. The average molecular weight is 351 g/mol. The van der Waals surface area contributed by atoms with Gasteiger partial charge in [-0.15, -0.1) is 0 Å². The third-order valence-electron chi connectivity index (χ3n) is 3.80. The second-order valence-corrected chi connectivity index (χ2v) is 7.34. The molecule has 128 valence electrons. The Morgan fingerprint density at radius 1 is 1.04 bits per heavy atom. The van der Waals surface area contributed by atoms with Crippen molar-refractivity contribution in [3.63, 3.8) is 0 Å². The fraction of sp³-hybridized carbons (Fsp3) is 0.200. The summed E-state index contributed by atoms with van der Waals surface area (Å²) in [5.41, 5.74) is 5.30. The summed E-state index contributed by atoms with van der Waals surface area (Å²) < 4.78 is 0. The number of hydrogen-bond acceptors (Lipinski definition) is 4. The van der Waals surface area contributed by atoms with Gasteiger partial charge in [0.05, 0.1) is 10.6 Å². The van der Waals surface area contributed by atoms with Crippen LogP contribution >= 0.6 is 11.8 Å². The fourth-order valence-electron chi connectivity index (χ4n) is 2.63. The van der Waals surface area contributed by atoms with Crippen molar-refractivity contribution in [2.45, 2.75) is 13.8 Å². The molecular formula is C20H21N3OS. The average Bonchev–Trinajstić information content (AvgIpc) is 2.86. The fourth-order valence-corrected chi connectivity index (χ4v) is 3.47. The van der Waals surface area contributed by atoms with Crippen LogP contribution in [0.1, 0.15) is 16.7 Å². The molecule has 0 aliphatic carbocycles. The highest BCUT2D eigenvalue weighted by molar-refractivity contribution is 8.18. The lowest BCUT2D eigenvalue weighted by molar-refractivity contribution is -0.115. The van der Waals surface area contributed by atoms with Gasteiger partial charge >= 0.3 is 0 Å². The lowest BCUT2D eigenvalue weighted by Crippen LogP contribution is -2.19. The lowest BCUT2D eigenvalue weighted by Gasteiger charge is -2.11. The number of carbonyl (C=O) groups is 1. The van der Waals surface area contributed by atoms with Crippen molar-refractivity contribution in [2.24, 2.45) is 4.99 Å². The van der Waals surface area contributed by atoms with Gasteiger partial charge in [0.15, 0.2) is 5.17 Å². The monoisotopic (exact) mass is 351 g/mol. The quantitative estimate of drug-likeness (QED) is 0.840. The summed E-state index contributed by atoms with van der Waals surface area (Å²) in [6, 6.07) is 14.2. The van der Waals surface area contributed by atoms with E-state index in [1.807, 2.05) is 75.3 Å². The molecule has 0 radical (unpaired) electrons. The summed E-state index contributed by atoms with van der Waals surface area (Å²) in [4.78, 5) is 19.5. The molecule has 5 heteroatoms. The highest BCUT2D eigenvalue weighted by atomic mass is 32.2. The molecule has 1 amide bonds. The predicted octanol–water partition coefficient (Wildman–Crippen LogP) is 4.26. The Bertz CT molecular complexity index is 847. The number of anilines is 1. The van der Waals surface area contributed by atoms with E-state index in [-0.39, 0.29) is 5.91 Å². The van der Waals surface area contributed by atoms with Crippen LogP contribution in [-0.2, 0) is 4.79 Å². The van der Waals surface area contributed by atoms with Gasteiger partial charge in [-0.05, 0) is 72.6 Å². The summed E-state index contributed by atoms with van der Waals surface area (Å²) in [6.45, 7) is 4.08. The van der Waals surface area contributed by atoms with E-state index >= 15 is 0 Å². The summed E-state index contributed by atoms with van der Waals surface area (Å²) in [5.74, 6) is -0.107. The second-order valence-electron chi connectivity index (χ2n) is 6.31. The first-order valence-corrected chi connectivity index (χ1v) is 8.87. The minimum atomic E-state index is -0.107.